The van der Waals surface area contributed by atoms with Crippen LogP contribution in [-0.4, -0.2) is 49.7 Å². The number of para-hydroxylation sites is 1. The Morgan fingerprint density at radius 1 is 1.32 bits per heavy atom. The van der Waals surface area contributed by atoms with Crippen LogP contribution in [0.5, 0.6) is 0 Å². The third-order valence-corrected chi connectivity index (χ3v) is 3.50. The number of methoxy groups -OCH3 is 1. The van der Waals surface area contributed by atoms with Crippen molar-refractivity contribution >= 4 is 16.9 Å². The molecule has 1 atom stereocenters. The fourth-order valence-electron chi connectivity index (χ4n) is 2.32. The molecule has 0 fully saturated rings. The lowest BCUT2D eigenvalue weighted by Gasteiger charge is -2.31. The van der Waals surface area contributed by atoms with Crippen LogP contribution in [0.25, 0.3) is 10.9 Å². The second kappa shape index (κ2) is 5.05. The van der Waals surface area contributed by atoms with Crippen molar-refractivity contribution in [3.8, 4) is 0 Å². The monoisotopic (exact) mass is 261 g/mol. The first-order valence-corrected chi connectivity index (χ1v) is 6.37. The highest BCUT2D eigenvalue weighted by molar-refractivity contribution is 5.84. The molecule has 0 spiro atoms. The minimum Gasteiger partial charge on any atom is -0.465 e. The fraction of sp³-hybridized carbons (Fsp3) is 0.400. The summed E-state index contributed by atoms with van der Waals surface area (Å²) in [6.45, 7) is 0. The molecule has 1 aromatic carbocycles. The van der Waals surface area contributed by atoms with Gasteiger partial charge in [-0.1, -0.05) is 18.2 Å². The summed E-state index contributed by atoms with van der Waals surface area (Å²) in [5.41, 5.74) is 2.25. The molecule has 0 aliphatic carbocycles. The normalized spacial score (nSPS) is 13.5. The standard InChI is InChI=1S/C15H21N2O2/c1-17(2,3)14(15(18)19-4)9-11-10-16-13-8-6-5-7-12(11)13/h5-8,10,14,16H,9H2,1-4H3/q+1. The molecule has 19 heavy (non-hydrogen) atoms. The number of carbonyl (C=O) groups is 1. The van der Waals surface area contributed by atoms with Crippen molar-refractivity contribution in [2.75, 3.05) is 28.3 Å². The number of H-pyrrole nitrogens is 1. The van der Waals surface area contributed by atoms with Crippen LogP contribution in [0.1, 0.15) is 5.56 Å². The van der Waals surface area contributed by atoms with Crippen molar-refractivity contribution in [3.05, 3.63) is 36.0 Å². The Morgan fingerprint density at radius 3 is 2.63 bits per heavy atom. The van der Waals surface area contributed by atoms with Crippen LogP contribution < -0.4 is 0 Å². The minimum absolute atomic E-state index is 0.169. The molecule has 4 heteroatoms. The number of fused-ring (bicyclic) bond motifs is 1. The van der Waals surface area contributed by atoms with E-state index in [-0.39, 0.29) is 12.0 Å². The molecule has 102 valence electrons. The number of esters is 1. The smallest absolute Gasteiger partial charge is 0.365 e. The molecular weight excluding hydrogens is 240 g/mol. The molecule has 0 aliphatic rings. The number of aromatic nitrogens is 1. The van der Waals surface area contributed by atoms with Crippen molar-refractivity contribution in [2.24, 2.45) is 0 Å². The largest absolute Gasteiger partial charge is 0.465 e. The topological polar surface area (TPSA) is 42.1 Å². The van der Waals surface area contributed by atoms with E-state index >= 15 is 0 Å². The van der Waals surface area contributed by atoms with Gasteiger partial charge in [-0.3, -0.25) is 0 Å². The number of hydrogen-bond donors (Lipinski definition) is 1. The van der Waals surface area contributed by atoms with E-state index in [1.807, 2.05) is 45.5 Å². The maximum Gasteiger partial charge on any atom is 0.365 e. The second-order valence-corrected chi connectivity index (χ2v) is 5.72. The molecule has 2 aromatic rings. The highest BCUT2D eigenvalue weighted by Gasteiger charge is 2.33. The van der Waals surface area contributed by atoms with Gasteiger partial charge in [-0.05, 0) is 11.6 Å². The van der Waals surface area contributed by atoms with Crippen LogP contribution in [0.15, 0.2) is 30.5 Å². The maximum absolute atomic E-state index is 12.0. The van der Waals surface area contributed by atoms with Crippen LogP contribution >= 0.6 is 0 Å². The van der Waals surface area contributed by atoms with Crippen molar-refractivity contribution in [3.63, 3.8) is 0 Å². The van der Waals surface area contributed by atoms with E-state index < -0.39 is 0 Å². The number of carbonyl (C=O) groups excluding carboxylic acids is 1. The predicted octanol–water partition coefficient (Wildman–Crippen LogP) is 1.96. The fourth-order valence-corrected chi connectivity index (χ4v) is 2.32. The second-order valence-electron chi connectivity index (χ2n) is 5.72. The Kier molecular flexibility index (Phi) is 3.62. The van der Waals surface area contributed by atoms with E-state index in [2.05, 4.69) is 11.1 Å². The summed E-state index contributed by atoms with van der Waals surface area (Å²) in [4.78, 5) is 15.2. The zero-order chi connectivity index (χ0) is 14.0. The molecular formula is C15H21N2O2+. The average molecular weight is 261 g/mol. The number of likely N-dealkylation sites (N-methyl/N-ethyl adjacent to an activating group) is 1. The van der Waals surface area contributed by atoms with Gasteiger partial charge in [-0.15, -0.1) is 0 Å². The van der Waals surface area contributed by atoms with Crippen LogP contribution in [0.3, 0.4) is 0 Å². The molecule has 1 N–H and O–H groups in total. The molecule has 0 aliphatic heterocycles. The van der Waals surface area contributed by atoms with E-state index in [0.717, 1.165) is 11.1 Å². The van der Waals surface area contributed by atoms with E-state index in [1.54, 1.807) is 0 Å². The number of quaternary nitrogens is 1. The van der Waals surface area contributed by atoms with Gasteiger partial charge in [0.1, 0.15) is 0 Å². The number of nitrogens with zero attached hydrogens (tertiary/aromatic N) is 1. The summed E-state index contributed by atoms with van der Waals surface area (Å²) < 4.78 is 5.48. The number of hydrogen-bond acceptors (Lipinski definition) is 2. The molecule has 4 nitrogen and oxygen atoms in total. The zero-order valence-corrected chi connectivity index (χ0v) is 11.9. The van der Waals surface area contributed by atoms with Gasteiger partial charge in [0.05, 0.1) is 28.3 Å². The van der Waals surface area contributed by atoms with Gasteiger partial charge in [0, 0.05) is 23.5 Å². The summed E-state index contributed by atoms with van der Waals surface area (Å²) in [6, 6.07) is 7.92. The quantitative estimate of drug-likeness (QED) is 0.675. The van der Waals surface area contributed by atoms with Crippen molar-refractivity contribution in [1.29, 1.82) is 0 Å². The van der Waals surface area contributed by atoms with Crippen LogP contribution in [0.4, 0.5) is 0 Å². The molecule has 1 unspecified atom stereocenters. The highest BCUT2D eigenvalue weighted by Crippen LogP contribution is 2.21. The van der Waals surface area contributed by atoms with Crippen LogP contribution in [-0.2, 0) is 16.0 Å². The number of benzene rings is 1. The first-order chi connectivity index (χ1) is 8.93. The van der Waals surface area contributed by atoms with E-state index in [1.165, 1.54) is 12.5 Å². The third-order valence-electron chi connectivity index (χ3n) is 3.50. The summed E-state index contributed by atoms with van der Waals surface area (Å²) in [5, 5.41) is 1.17. The average Bonchev–Trinajstić information content (AvgIpc) is 2.77. The minimum atomic E-state index is -0.204. The van der Waals surface area contributed by atoms with Crippen molar-refractivity contribution < 1.29 is 14.0 Å². The lowest BCUT2D eigenvalue weighted by Crippen LogP contribution is -2.51. The highest BCUT2D eigenvalue weighted by atomic mass is 16.5. The number of ether oxygens (including phenoxy) is 1. The number of nitrogens with one attached hydrogen (secondary N) is 1. The number of aromatic amines is 1. The Labute approximate surface area is 113 Å². The van der Waals surface area contributed by atoms with Gasteiger partial charge >= 0.3 is 5.97 Å². The first-order valence-electron chi connectivity index (χ1n) is 6.37. The van der Waals surface area contributed by atoms with Crippen molar-refractivity contribution in [1.82, 2.24) is 4.98 Å². The maximum atomic E-state index is 12.0. The molecule has 0 saturated heterocycles. The van der Waals surface area contributed by atoms with Gasteiger partial charge in [0.15, 0.2) is 6.04 Å². The van der Waals surface area contributed by atoms with Crippen LogP contribution in [0, 0.1) is 0 Å². The zero-order valence-electron chi connectivity index (χ0n) is 11.9. The third kappa shape index (κ3) is 2.79. The Morgan fingerprint density at radius 2 is 2.00 bits per heavy atom. The SMILES string of the molecule is COC(=O)C(Cc1c[nH]c2ccccc12)[N+](C)(C)C. The molecule has 0 bridgehead atoms. The van der Waals surface area contributed by atoms with Gasteiger partial charge in [0.25, 0.3) is 0 Å². The Hall–Kier alpha value is -1.81. The van der Waals surface area contributed by atoms with E-state index in [4.69, 9.17) is 4.74 Å². The predicted molar refractivity (Wildman–Crippen MR) is 75.8 cm³/mol. The Bertz CT molecular complexity index is 581. The Balaban J connectivity index is 2.34. The lowest BCUT2D eigenvalue weighted by atomic mass is 10.0. The summed E-state index contributed by atoms with van der Waals surface area (Å²) in [5.74, 6) is -0.169. The van der Waals surface area contributed by atoms with Gasteiger partial charge < -0.3 is 14.2 Å². The van der Waals surface area contributed by atoms with Crippen molar-refractivity contribution in [2.45, 2.75) is 12.5 Å². The lowest BCUT2D eigenvalue weighted by molar-refractivity contribution is -0.887. The van der Waals surface area contributed by atoms with E-state index in [9.17, 15) is 4.79 Å². The molecule has 1 heterocycles. The van der Waals surface area contributed by atoms with Gasteiger partial charge in [-0.25, -0.2) is 4.79 Å². The molecule has 1 aromatic heterocycles. The van der Waals surface area contributed by atoms with E-state index in [0.29, 0.717) is 10.9 Å². The summed E-state index contributed by atoms with van der Waals surface area (Å²) in [7, 11) is 7.48. The van der Waals surface area contributed by atoms with Gasteiger partial charge in [0.2, 0.25) is 0 Å². The molecule has 0 amide bonds. The molecule has 2 rings (SSSR count). The van der Waals surface area contributed by atoms with Crippen LogP contribution in [0.2, 0.25) is 0 Å². The number of rotatable bonds is 4. The summed E-state index contributed by atoms with van der Waals surface area (Å²) in [6.07, 6.45) is 2.65. The summed E-state index contributed by atoms with van der Waals surface area (Å²) >= 11 is 0. The van der Waals surface area contributed by atoms with Gasteiger partial charge in [-0.2, -0.15) is 0 Å². The molecule has 0 radical (unpaired) electrons. The molecule has 0 saturated carbocycles. The first kappa shape index (κ1) is 13.6.